The second-order valence-electron chi connectivity index (χ2n) is 3.90. The van der Waals surface area contributed by atoms with Crippen molar-refractivity contribution in [2.45, 2.75) is 10.4 Å². The lowest BCUT2D eigenvalue weighted by Crippen LogP contribution is -2.12. The number of benzene rings is 1. The third-order valence-electron chi connectivity index (χ3n) is 2.34. The molecule has 0 spiro atoms. The average molecular weight is 333 g/mol. The molecule has 1 aromatic heterocycles. The van der Waals surface area contributed by atoms with E-state index in [2.05, 4.69) is 10.3 Å². The molecule has 1 aromatic carbocycles. The van der Waals surface area contributed by atoms with Crippen molar-refractivity contribution in [1.82, 2.24) is 4.98 Å². The van der Waals surface area contributed by atoms with E-state index in [0.717, 1.165) is 0 Å². The normalized spacial score (nSPS) is 11.2. The molecular weight excluding hydrogens is 325 g/mol. The van der Waals surface area contributed by atoms with E-state index in [-0.39, 0.29) is 21.8 Å². The van der Waals surface area contributed by atoms with Crippen LogP contribution in [-0.2, 0) is 0 Å². The number of carbonyl (C=O) groups is 1. The first-order chi connectivity index (χ1) is 9.83. The number of amides is 1. The van der Waals surface area contributed by atoms with Gasteiger partial charge in [0.15, 0.2) is 0 Å². The summed E-state index contributed by atoms with van der Waals surface area (Å²) in [5, 5.41) is 2.82. The molecule has 3 nitrogen and oxygen atoms in total. The minimum Gasteiger partial charge on any atom is -0.322 e. The van der Waals surface area contributed by atoms with Crippen molar-refractivity contribution in [2.24, 2.45) is 0 Å². The van der Waals surface area contributed by atoms with E-state index in [1.807, 2.05) is 0 Å². The molecule has 0 saturated carbocycles. The lowest BCUT2D eigenvalue weighted by molar-refractivity contribution is -0.0328. The molecule has 0 atom stereocenters. The summed E-state index contributed by atoms with van der Waals surface area (Å²) in [5.74, 6) is -0.421. The SMILES string of the molecule is O=C(Nc1ccc(SC(F)(F)F)cc1)c1ccc(Cl)nc1. The molecule has 1 amide bonds. The van der Waals surface area contributed by atoms with Crippen LogP contribution in [0.25, 0.3) is 0 Å². The van der Waals surface area contributed by atoms with Crippen LogP contribution in [0.2, 0.25) is 5.15 Å². The maximum atomic E-state index is 12.2. The zero-order valence-electron chi connectivity index (χ0n) is 10.3. The zero-order chi connectivity index (χ0) is 15.5. The molecular formula is C13H8ClF3N2OS. The van der Waals surface area contributed by atoms with Crippen LogP contribution in [0.15, 0.2) is 47.5 Å². The van der Waals surface area contributed by atoms with Crippen molar-refractivity contribution in [3.8, 4) is 0 Å². The van der Waals surface area contributed by atoms with Gasteiger partial charge in [0.25, 0.3) is 5.91 Å². The molecule has 0 aliphatic carbocycles. The summed E-state index contributed by atoms with van der Waals surface area (Å²) in [4.78, 5) is 15.7. The quantitative estimate of drug-likeness (QED) is 0.660. The van der Waals surface area contributed by atoms with E-state index in [4.69, 9.17) is 11.6 Å². The zero-order valence-corrected chi connectivity index (χ0v) is 11.9. The first-order valence-corrected chi connectivity index (χ1v) is 6.82. The summed E-state index contributed by atoms with van der Waals surface area (Å²) < 4.78 is 36.5. The summed E-state index contributed by atoms with van der Waals surface area (Å²) in [6.45, 7) is 0. The Balaban J connectivity index is 2.03. The van der Waals surface area contributed by atoms with E-state index in [0.29, 0.717) is 11.3 Å². The maximum absolute atomic E-state index is 12.2. The average Bonchev–Trinajstić information content (AvgIpc) is 2.40. The Kier molecular flexibility index (Phi) is 4.74. The van der Waals surface area contributed by atoms with Crippen molar-refractivity contribution in [1.29, 1.82) is 0 Å². The second-order valence-corrected chi connectivity index (χ2v) is 5.42. The highest BCUT2D eigenvalue weighted by molar-refractivity contribution is 8.00. The maximum Gasteiger partial charge on any atom is 0.446 e. The summed E-state index contributed by atoms with van der Waals surface area (Å²) in [6.07, 6.45) is 1.31. The van der Waals surface area contributed by atoms with Crippen molar-refractivity contribution in [3.63, 3.8) is 0 Å². The van der Waals surface area contributed by atoms with Crippen LogP contribution in [0.5, 0.6) is 0 Å². The van der Waals surface area contributed by atoms with Crippen LogP contribution < -0.4 is 5.32 Å². The number of thioether (sulfide) groups is 1. The minimum absolute atomic E-state index is 0.0497. The fourth-order valence-corrected chi connectivity index (χ4v) is 2.10. The highest BCUT2D eigenvalue weighted by atomic mass is 35.5. The Morgan fingerprint density at radius 3 is 2.33 bits per heavy atom. The lowest BCUT2D eigenvalue weighted by atomic mass is 10.2. The van der Waals surface area contributed by atoms with Gasteiger partial charge in [-0.1, -0.05) is 11.6 Å². The Morgan fingerprint density at radius 1 is 1.14 bits per heavy atom. The van der Waals surface area contributed by atoms with Crippen LogP contribution in [0.1, 0.15) is 10.4 Å². The van der Waals surface area contributed by atoms with Gasteiger partial charge >= 0.3 is 5.51 Å². The smallest absolute Gasteiger partial charge is 0.322 e. The predicted octanol–water partition coefficient (Wildman–Crippen LogP) is 4.60. The van der Waals surface area contributed by atoms with Gasteiger partial charge < -0.3 is 5.32 Å². The fraction of sp³-hybridized carbons (Fsp3) is 0.0769. The first kappa shape index (κ1) is 15.7. The molecule has 2 rings (SSSR count). The summed E-state index contributed by atoms with van der Waals surface area (Å²) in [5.41, 5.74) is -3.64. The number of nitrogens with one attached hydrogen (secondary N) is 1. The van der Waals surface area contributed by atoms with Gasteiger partial charge in [-0.15, -0.1) is 0 Å². The van der Waals surface area contributed by atoms with Crippen LogP contribution in [0.3, 0.4) is 0 Å². The molecule has 0 aliphatic rings. The van der Waals surface area contributed by atoms with Crippen LogP contribution in [-0.4, -0.2) is 16.4 Å². The second kappa shape index (κ2) is 6.36. The number of halogens is 4. The molecule has 1 heterocycles. The number of hydrogen-bond acceptors (Lipinski definition) is 3. The molecule has 2 aromatic rings. The standard InChI is InChI=1S/C13H8ClF3N2OS/c14-11-6-1-8(7-18-11)12(20)19-9-2-4-10(5-3-9)21-13(15,16)17/h1-7H,(H,19,20). The number of aromatic nitrogens is 1. The predicted molar refractivity (Wildman–Crippen MR) is 75.6 cm³/mol. The van der Waals surface area contributed by atoms with E-state index < -0.39 is 11.4 Å². The van der Waals surface area contributed by atoms with Gasteiger partial charge in [-0.3, -0.25) is 4.79 Å². The number of alkyl halides is 3. The van der Waals surface area contributed by atoms with Crippen molar-refractivity contribution >= 4 is 35.0 Å². The Hall–Kier alpha value is -1.73. The molecule has 21 heavy (non-hydrogen) atoms. The Labute approximate surface area is 127 Å². The van der Waals surface area contributed by atoms with Gasteiger partial charge in [0.2, 0.25) is 0 Å². The van der Waals surface area contributed by atoms with E-state index >= 15 is 0 Å². The topological polar surface area (TPSA) is 42.0 Å². The number of hydrogen-bond donors (Lipinski definition) is 1. The van der Waals surface area contributed by atoms with Crippen LogP contribution in [0, 0.1) is 0 Å². The minimum atomic E-state index is -4.33. The van der Waals surface area contributed by atoms with E-state index in [1.54, 1.807) is 0 Å². The molecule has 0 fully saturated rings. The third-order valence-corrected chi connectivity index (χ3v) is 3.30. The number of anilines is 1. The fourth-order valence-electron chi connectivity index (χ4n) is 1.45. The molecule has 8 heteroatoms. The van der Waals surface area contributed by atoms with Gasteiger partial charge in [0.05, 0.1) is 5.56 Å². The number of rotatable bonds is 3. The van der Waals surface area contributed by atoms with Gasteiger partial charge in [-0.25, -0.2) is 4.98 Å². The molecule has 0 saturated heterocycles. The Morgan fingerprint density at radius 2 is 1.81 bits per heavy atom. The monoisotopic (exact) mass is 332 g/mol. The first-order valence-electron chi connectivity index (χ1n) is 5.62. The number of nitrogens with zero attached hydrogens (tertiary/aromatic N) is 1. The van der Waals surface area contributed by atoms with Crippen LogP contribution in [0.4, 0.5) is 18.9 Å². The van der Waals surface area contributed by atoms with Gasteiger partial charge in [0.1, 0.15) is 5.15 Å². The molecule has 110 valence electrons. The highest BCUT2D eigenvalue weighted by Gasteiger charge is 2.29. The third kappa shape index (κ3) is 4.95. The highest BCUT2D eigenvalue weighted by Crippen LogP contribution is 2.37. The largest absolute Gasteiger partial charge is 0.446 e. The lowest BCUT2D eigenvalue weighted by Gasteiger charge is -2.08. The molecule has 0 radical (unpaired) electrons. The Bertz CT molecular complexity index is 629. The van der Waals surface area contributed by atoms with Crippen LogP contribution >= 0.6 is 23.4 Å². The van der Waals surface area contributed by atoms with Gasteiger partial charge in [-0.2, -0.15) is 13.2 Å². The number of pyridine rings is 1. The number of carbonyl (C=O) groups excluding carboxylic acids is 1. The molecule has 1 N–H and O–H groups in total. The van der Waals surface area contributed by atoms with Crippen molar-refractivity contribution in [3.05, 3.63) is 53.3 Å². The van der Waals surface area contributed by atoms with Crippen molar-refractivity contribution in [2.75, 3.05) is 5.32 Å². The molecule has 0 aliphatic heterocycles. The summed E-state index contributed by atoms with van der Waals surface area (Å²) >= 11 is 5.40. The van der Waals surface area contributed by atoms with Crippen molar-refractivity contribution < 1.29 is 18.0 Å². The van der Waals surface area contributed by atoms with E-state index in [9.17, 15) is 18.0 Å². The molecule has 0 unspecified atom stereocenters. The van der Waals surface area contributed by atoms with Gasteiger partial charge in [0, 0.05) is 16.8 Å². The van der Waals surface area contributed by atoms with E-state index in [1.165, 1.54) is 42.6 Å². The van der Waals surface area contributed by atoms with Gasteiger partial charge in [-0.05, 0) is 48.2 Å². The molecule has 0 bridgehead atoms. The summed E-state index contributed by atoms with van der Waals surface area (Å²) in [6, 6.07) is 8.34. The summed E-state index contributed by atoms with van der Waals surface area (Å²) in [7, 11) is 0.